The van der Waals surface area contributed by atoms with E-state index in [0.29, 0.717) is 6.54 Å². The van der Waals surface area contributed by atoms with Crippen LogP contribution in [0.15, 0.2) is 0 Å². The zero-order valence-electron chi connectivity index (χ0n) is 13.9. The lowest BCUT2D eigenvalue weighted by Crippen LogP contribution is -2.53. The summed E-state index contributed by atoms with van der Waals surface area (Å²) in [5, 5.41) is 12.4. The second-order valence-corrected chi connectivity index (χ2v) is 7.73. The van der Waals surface area contributed by atoms with Crippen LogP contribution in [0.3, 0.4) is 0 Å². The zero-order chi connectivity index (χ0) is 16.4. The van der Waals surface area contributed by atoms with Gasteiger partial charge >= 0.3 is 0 Å². The highest BCUT2D eigenvalue weighted by Crippen LogP contribution is 2.30. The number of nitriles is 1. The minimum absolute atomic E-state index is 0.0603. The van der Waals surface area contributed by atoms with Crippen molar-refractivity contribution in [2.75, 3.05) is 13.1 Å². The predicted octanol–water partition coefficient (Wildman–Crippen LogP) is 2.22. The van der Waals surface area contributed by atoms with Crippen LogP contribution in [-0.4, -0.2) is 35.3 Å². The number of nitrogens with zero attached hydrogens (tertiary/aromatic N) is 2. The van der Waals surface area contributed by atoms with E-state index in [9.17, 15) is 14.9 Å². The number of piperidine rings is 1. The molecule has 2 rings (SSSR count). The summed E-state index contributed by atoms with van der Waals surface area (Å²) in [6, 6.07) is 2.29. The third-order valence-electron chi connectivity index (χ3n) is 4.75. The van der Waals surface area contributed by atoms with Crippen molar-refractivity contribution in [2.45, 2.75) is 64.8 Å². The summed E-state index contributed by atoms with van der Waals surface area (Å²) in [7, 11) is 0. The van der Waals surface area contributed by atoms with Gasteiger partial charge in [-0.2, -0.15) is 5.26 Å². The molecule has 1 aliphatic heterocycles. The highest BCUT2D eigenvalue weighted by molar-refractivity contribution is 5.84. The first-order valence-electron chi connectivity index (χ1n) is 8.30. The van der Waals surface area contributed by atoms with E-state index in [-0.39, 0.29) is 17.7 Å². The molecule has 1 saturated heterocycles. The van der Waals surface area contributed by atoms with Crippen molar-refractivity contribution in [3.63, 3.8) is 0 Å². The third-order valence-corrected chi connectivity index (χ3v) is 4.75. The Morgan fingerprint density at radius 3 is 2.41 bits per heavy atom. The van der Waals surface area contributed by atoms with Crippen molar-refractivity contribution in [3.8, 4) is 6.07 Å². The van der Waals surface area contributed by atoms with Gasteiger partial charge in [0.2, 0.25) is 11.8 Å². The predicted molar refractivity (Wildman–Crippen MR) is 83.7 cm³/mol. The molecule has 2 aliphatic rings. The molecule has 0 aromatic heterocycles. The molecule has 1 saturated carbocycles. The van der Waals surface area contributed by atoms with Gasteiger partial charge in [0.1, 0.15) is 5.54 Å². The van der Waals surface area contributed by atoms with E-state index in [0.717, 1.165) is 45.1 Å². The highest BCUT2D eigenvalue weighted by atomic mass is 16.2. The van der Waals surface area contributed by atoms with Gasteiger partial charge in [-0.15, -0.1) is 0 Å². The van der Waals surface area contributed by atoms with E-state index in [4.69, 9.17) is 0 Å². The molecular weight excluding hydrogens is 278 g/mol. The molecule has 0 bridgehead atoms. The normalized spacial score (nSPS) is 24.6. The lowest BCUT2D eigenvalue weighted by atomic mass is 9.90. The minimum Gasteiger partial charge on any atom is -0.341 e. The summed E-state index contributed by atoms with van der Waals surface area (Å²) < 4.78 is 0. The fourth-order valence-corrected chi connectivity index (χ4v) is 3.43. The van der Waals surface area contributed by atoms with Crippen LogP contribution in [0.5, 0.6) is 0 Å². The zero-order valence-corrected chi connectivity index (χ0v) is 13.9. The summed E-state index contributed by atoms with van der Waals surface area (Å²) >= 11 is 0. The summed E-state index contributed by atoms with van der Waals surface area (Å²) in [4.78, 5) is 26.7. The molecule has 1 aliphatic carbocycles. The number of hydrogen-bond donors (Lipinski definition) is 1. The van der Waals surface area contributed by atoms with Crippen molar-refractivity contribution >= 4 is 11.8 Å². The van der Waals surface area contributed by atoms with Crippen LogP contribution >= 0.6 is 0 Å². The van der Waals surface area contributed by atoms with Crippen LogP contribution in [0.4, 0.5) is 0 Å². The van der Waals surface area contributed by atoms with Crippen molar-refractivity contribution in [2.24, 2.45) is 11.3 Å². The van der Waals surface area contributed by atoms with Crippen LogP contribution in [0.25, 0.3) is 0 Å². The monoisotopic (exact) mass is 305 g/mol. The summed E-state index contributed by atoms with van der Waals surface area (Å²) in [6.07, 6.45) is 5.11. The smallest absolute Gasteiger partial charge is 0.227 e. The molecule has 2 fully saturated rings. The summed E-state index contributed by atoms with van der Waals surface area (Å²) in [6.45, 7) is 6.92. The first-order chi connectivity index (χ1) is 10.3. The Morgan fingerprint density at radius 2 is 1.86 bits per heavy atom. The van der Waals surface area contributed by atoms with E-state index in [1.54, 1.807) is 4.90 Å². The second-order valence-electron chi connectivity index (χ2n) is 7.73. The van der Waals surface area contributed by atoms with Gasteiger partial charge in [0, 0.05) is 18.5 Å². The lowest BCUT2D eigenvalue weighted by molar-refractivity contribution is -0.143. The molecule has 0 radical (unpaired) electrons. The van der Waals surface area contributed by atoms with Crippen molar-refractivity contribution < 1.29 is 9.59 Å². The van der Waals surface area contributed by atoms with Gasteiger partial charge in [-0.05, 0) is 38.5 Å². The molecule has 0 unspecified atom stereocenters. The van der Waals surface area contributed by atoms with E-state index in [1.165, 1.54) is 0 Å². The molecule has 0 aromatic rings. The van der Waals surface area contributed by atoms with Gasteiger partial charge in [-0.3, -0.25) is 9.59 Å². The molecule has 1 heterocycles. The van der Waals surface area contributed by atoms with Crippen molar-refractivity contribution in [1.82, 2.24) is 10.2 Å². The number of rotatable bonds is 2. The number of nitrogens with one attached hydrogen (secondary N) is 1. The Kier molecular flexibility index (Phi) is 4.79. The molecular formula is C17H27N3O2. The quantitative estimate of drug-likeness (QED) is 0.850. The minimum atomic E-state index is -0.673. The lowest BCUT2D eigenvalue weighted by Gasteiger charge is -2.36. The number of carbonyl (C=O) groups excluding carboxylic acids is 2. The number of likely N-dealkylation sites (tertiary alicyclic amines) is 1. The third kappa shape index (κ3) is 3.60. The maximum Gasteiger partial charge on any atom is 0.227 e. The van der Waals surface area contributed by atoms with Crippen LogP contribution < -0.4 is 5.32 Å². The van der Waals surface area contributed by atoms with E-state index >= 15 is 0 Å². The van der Waals surface area contributed by atoms with Crippen molar-refractivity contribution in [3.05, 3.63) is 0 Å². The highest BCUT2D eigenvalue weighted by Gasteiger charge is 2.39. The molecule has 22 heavy (non-hydrogen) atoms. The van der Waals surface area contributed by atoms with Crippen LogP contribution in [-0.2, 0) is 9.59 Å². The van der Waals surface area contributed by atoms with Gasteiger partial charge in [-0.1, -0.05) is 20.8 Å². The van der Waals surface area contributed by atoms with Gasteiger partial charge in [0.05, 0.1) is 12.0 Å². The number of amides is 2. The summed E-state index contributed by atoms with van der Waals surface area (Å²) in [5.41, 5.74) is -1.09. The Balaban J connectivity index is 1.99. The molecule has 5 heteroatoms. The number of carbonyl (C=O) groups is 2. The maximum absolute atomic E-state index is 12.5. The average molecular weight is 305 g/mol. The summed E-state index contributed by atoms with van der Waals surface area (Å²) in [5.74, 6) is -0.151. The van der Waals surface area contributed by atoms with E-state index in [1.807, 2.05) is 20.8 Å². The Labute approximate surface area is 133 Å². The fourth-order valence-electron chi connectivity index (χ4n) is 3.43. The number of hydrogen-bond acceptors (Lipinski definition) is 3. The largest absolute Gasteiger partial charge is 0.341 e. The van der Waals surface area contributed by atoms with Gasteiger partial charge < -0.3 is 10.2 Å². The maximum atomic E-state index is 12.5. The second kappa shape index (κ2) is 6.28. The van der Waals surface area contributed by atoms with Gasteiger partial charge in [-0.25, -0.2) is 0 Å². The molecule has 1 atom stereocenters. The molecule has 122 valence electrons. The van der Waals surface area contributed by atoms with E-state index in [2.05, 4.69) is 11.4 Å². The molecule has 0 aromatic carbocycles. The van der Waals surface area contributed by atoms with E-state index < -0.39 is 11.0 Å². The van der Waals surface area contributed by atoms with Gasteiger partial charge in [0.25, 0.3) is 0 Å². The average Bonchev–Trinajstić information content (AvgIpc) is 2.94. The first kappa shape index (κ1) is 16.8. The Morgan fingerprint density at radius 1 is 1.23 bits per heavy atom. The molecule has 2 amide bonds. The Hall–Kier alpha value is -1.57. The molecule has 0 spiro atoms. The van der Waals surface area contributed by atoms with Gasteiger partial charge in [0.15, 0.2) is 0 Å². The fraction of sp³-hybridized carbons (Fsp3) is 0.824. The molecule has 1 N–H and O–H groups in total. The topological polar surface area (TPSA) is 73.2 Å². The first-order valence-corrected chi connectivity index (χ1v) is 8.30. The van der Waals surface area contributed by atoms with Crippen LogP contribution in [0.1, 0.15) is 59.3 Å². The van der Waals surface area contributed by atoms with Crippen molar-refractivity contribution in [1.29, 1.82) is 5.26 Å². The SMILES string of the molecule is CC(C)(C)C(=O)N1CCC[C@@H](C(=O)NC2(C#N)CCCC2)C1. The van der Waals surface area contributed by atoms with Crippen LogP contribution in [0, 0.1) is 22.7 Å². The van der Waals surface area contributed by atoms with Crippen LogP contribution in [0.2, 0.25) is 0 Å². The Bertz CT molecular complexity index is 481. The standard InChI is InChI=1S/C17H27N3O2/c1-16(2,3)15(22)20-10-6-7-13(11-20)14(21)19-17(12-18)8-4-5-9-17/h13H,4-11H2,1-3H3,(H,19,21)/t13-/m1/s1. The molecule has 5 nitrogen and oxygen atoms in total.